The zero-order valence-electron chi connectivity index (χ0n) is 13.1. The van der Waals surface area contributed by atoms with Gasteiger partial charge in [-0.05, 0) is 19.9 Å². The van der Waals surface area contributed by atoms with Crippen LogP contribution in [0.3, 0.4) is 0 Å². The van der Waals surface area contributed by atoms with E-state index in [0.29, 0.717) is 31.9 Å². The maximum atomic E-state index is 11.8. The lowest BCUT2D eigenvalue weighted by Gasteiger charge is -2.16. The quantitative estimate of drug-likeness (QED) is 0.782. The summed E-state index contributed by atoms with van der Waals surface area (Å²) < 4.78 is 1.52. The van der Waals surface area contributed by atoms with Crippen molar-refractivity contribution in [3.8, 4) is 0 Å². The summed E-state index contributed by atoms with van der Waals surface area (Å²) in [6.07, 6.45) is 0. The first-order valence-corrected chi connectivity index (χ1v) is 7.20. The molecule has 8 nitrogen and oxygen atoms in total. The van der Waals surface area contributed by atoms with Gasteiger partial charge in [0, 0.05) is 44.6 Å². The van der Waals surface area contributed by atoms with E-state index < -0.39 is 0 Å². The molecule has 1 aliphatic rings. The number of rotatable bonds is 5. The van der Waals surface area contributed by atoms with Gasteiger partial charge in [-0.15, -0.1) is 0 Å². The van der Waals surface area contributed by atoms with Crippen LogP contribution in [-0.2, 0) is 11.3 Å². The van der Waals surface area contributed by atoms with Crippen LogP contribution in [0.25, 0.3) is 0 Å². The van der Waals surface area contributed by atoms with E-state index >= 15 is 0 Å². The number of amides is 3. The summed E-state index contributed by atoms with van der Waals surface area (Å²) in [6.45, 7) is 5.52. The molecule has 0 bridgehead atoms. The highest BCUT2D eigenvalue weighted by Gasteiger charge is 2.26. The molecule has 1 fully saturated rings. The predicted octanol–water partition coefficient (Wildman–Crippen LogP) is -0.656. The van der Waals surface area contributed by atoms with Crippen LogP contribution in [0, 0.1) is 13.8 Å². The minimum atomic E-state index is -0.317. The second-order valence-corrected chi connectivity index (χ2v) is 5.45. The van der Waals surface area contributed by atoms with E-state index in [1.165, 1.54) is 9.47 Å². The highest BCUT2D eigenvalue weighted by atomic mass is 16.2. The van der Waals surface area contributed by atoms with Crippen LogP contribution in [0.5, 0.6) is 0 Å². The Morgan fingerprint density at radius 3 is 2.64 bits per heavy atom. The molecule has 0 aromatic carbocycles. The number of carbonyl (C=O) groups is 2. The smallest absolute Gasteiger partial charge is 0.348 e. The fourth-order valence-electron chi connectivity index (χ4n) is 2.43. The first kappa shape index (κ1) is 16.0. The van der Waals surface area contributed by atoms with Crippen molar-refractivity contribution in [2.75, 3.05) is 33.2 Å². The number of hydrogen-bond acceptors (Lipinski definition) is 4. The zero-order valence-corrected chi connectivity index (χ0v) is 13.1. The topological polar surface area (TPSA) is 87.5 Å². The number of nitrogens with one attached hydrogen (secondary N) is 1. The summed E-state index contributed by atoms with van der Waals surface area (Å²) in [5, 5.41) is 2.72. The van der Waals surface area contributed by atoms with Crippen molar-refractivity contribution < 1.29 is 9.59 Å². The van der Waals surface area contributed by atoms with Gasteiger partial charge >= 0.3 is 11.7 Å². The molecular formula is C14H21N5O3. The molecule has 0 saturated carbocycles. The SMILES string of the molecule is Cc1cc(C)n(CCNC(=O)CN2CCN(C)C2=O)c(=O)n1. The van der Waals surface area contributed by atoms with Gasteiger partial charge in [0.05, 0.1) is 0 Å². The number of aryl methyl sites for hydroxylation is 2. The molecule has 0 spiro atoms. The van der Waals surface area contributed by atoms with Gasteiger partial charge in [-0.1, -0.05) is 0 Å². The van der Waals surface area contributed by atoms with Gasteiger partial charge in [0.25, 0.3) is 0 Å². The third-order valence-electron chi connectivity index (χ3n) is 3.64. The molecular weight excluding hydrogens is 286 g/mol. The largest absolute Gasteiger partial charge is 0.353 e. The first-order valence-electron chi connectivity index (χ1n) is 7.20. The van der Waals surface area contributed by atoms with E-state index in [1.807, 2.05) is 13.0 Å². The van der Waals surface area contributed by atoms with Crippen LogP contribution in [0.4, 0.5) is 4.79 Å². The van der Waals surface area contributed by atoms with E-state index in [-0.39, 0.29) is 24.2 Å². The molecule has 3 amide bonds. The third-order valence-corrected chi connectivity index (χ3v) is 3.64. The Hall–Kier alpha value is -2.38. The number of aromatic nitrogens is 2. The maximum absolute atomic E-state index is 11.8. The summed E-state index contributed by atoms with van der Waals surface area (Å²) in [5.74, 6) is -0.227. The Morgan fingerprint density at radius 1 is 1.32 bits per heavy atom. The monoisotopic (exact) mass is 307 g/mol. The van der Waals surface area contributed by atoms with Crippen LogP contribution in [-0.4, -0.2) is 64.5 Å². The molecule has 22 heavy (non-hydrogen) atoms. The lowest BCUT2D eigenvalue weighted by Crippen LogP contribution is -2.41. The summed E-state index contributed by atoms with van der Waals surface area (Å²) in [7, 11) is 1.71. The molecule has 0 aliphatic carbocycles. The molecule has 1 N–H and O–H groups in total. The van der Waals surface area contributed by atoms with Gasteiger partial charge < -0.3 is 15.1 Å². The van der Waals surface area contributed by atoms with Gasteiger partial charge in [-0.2, -0.15) is 4.98 Å². The number of carbonyl (C=O) groups excluding carboxylic acids is 2. The summed E-state index contributed by atoms with van der Waals surface area (Å²) in [5.41, 5.74) is 1.17. The van der Waals surface area contributed by atoms with E-state index in [9.17, 15) is 14.4 Å². The standard InChI is InChI=1S/C14H21N5O3/c1-10-8-11(2)19(13(21)16-10)5-4-15-12(20)9-18-7-6-17(3)14(18)22/h8H,4-7,9H2,1-3H3,(H,15,20). The first-order chi connectivity index (χ1) is 10.4. The van der Waals surface area contributed by atoms with E-state index in [4.69, 9.17) is 0 Å². The molecule has 0 unspecified atom stereocenters. The molecule has 0 radical (unpaired) electrons. The van der Waals surface area contributed by atoms with Crippen molar-refractivity contribution in [1.29, 1.82) is 0 Å². The number of hydrogen-bond donors (Lipinski definition) is 1. The average molecular weight is 307 g/mol. The Morgan fingerprint density at radius 2 is 2.05 bits per heavy atom. The van der Waals surface area contributed by atoms with E-state index in [1.54, 1.807) is 18.9 Å². The van der Waals surface area contributed by atoms with Gasteiger partial charge in [0.2, 0.25) is 5.91 Å². The fraction of sp³-hybridized carbons (Fsp3) is 0.571. The van der Waals surface area contributed by atoms with Crippen LogP contribution in [0.2, 0.25) is 0 Å². The lowest BCUT2D eigenvalue weighted by molar-refractivity contribution is -0.121. The van der Waals surface area contributed by atoms with Gasteiger partial charge in [-0.3, -0.25) is 9.36 Å². The summed E-state index contributed by atoms with van der Waals surface area (Å²) in [6, 6.07) is 1.69. The minimum absolute atomic E-state index is 0.0448. The van der Waals surface area contributed by atoms with Crippen LogP contribution in [0.1, 0.15) is 11.4 Å². The second kappa shape index (κ2) is 6.59. The predicted molar refractivity (Wildman–Crippen MR) is 80.6 cm³/mol. The number of nitrogens with zero attached hydrogens (tertiary/aromatic N) is 4. The second-order valence-electron chi connectivity index (χ2n) is 5.45. The molecule has 8 heteroatoms. The van der Waals surface area contributed by atoms with Crippen molar-refractivity contribution in [3.63, 3.8) is 0 Å². The van der Waals surface area contributed by atoms with Crippen LogP contribution >= 0.6 is 0 Å². The molecule has 120 valence electrons. The van der Waals surface area contributed by atoms with E-state index in [0.717, 1.165) is 5.69 Å². The number of urea groups is 1. The molecule has 2 heterocycles. The van der Waals surface area contributed by atoms with Crippen molar-refractivity contribution in [1.82, 2.24) is 24.7 Å². The highest BCUT2D eigenvalue weighted by Crippen LogP contribution is 2.04. The Kier molecular flexibility index (Phi) is 4.79. The highest BCUT2D eigenvalue weighted by molar-refractivity contribution is 5.84. The fourth-order valence-corrected chi connectivity index (χ4v) is 2.43. The molecule has 1 aliphatic heterocycles. The van der Waals surface area contributed by atoms with Gasteiger partial charge in [0.1, 0.15) is 6.54 Å². The van der Waals surface area contributed by atoms with Crippen molar-refractivity contribution in [3.05, 3.63) is 27.9 Å². The van der Waals surface area contributed by atoms with Crippen molar-refractivity contribution >= 4 is 11.9 Å². The Bertz CT molecular complexity index is 640. The normalized spacial score (nSPS) is 14.6. The average Bonchev–Trinajstić information content (AvgIpc) is 2.73. The Labute approximate surface area is 128 Å². The Balaban J connectivity index is 1.83. The number of likely N-dealkylation sites (N-methyl/N-ethyl adjacent to an activating group) is 1. The van der Waals surface area contributed by atoms with Crippen LogP contribution < -0.4 is 11.0 Å². The summed E-state index contributed by atoms with van der Waals surface area (Å²) in [4.78, 5) is 42.2. The molecule has 1 aromatic rings. The molecule has 0 atom stereocenters. The van der Waals surface area contributed by atoms with Gasteiger partial charge in [0.15, 0.2) is 0 Å². The minimum Gasteiger partial charge on any atom is -0.353 e. The molecule has 1 aromatic heterocycles. The molecule has 2 rings (SSSR count). The van der Waals surface area contributed by atoms with E-state index in [2.05, 4.69) is 10.3 Å². The van der Waals surface area contributed by atoms with Crippen molar-refractivity contribution in [2.24, 2.45) is 0 Å². The zero-order chi connectivity index (χ0) is 16.3. The molecule has 1 saturated heterocycles. The van der Waals surface area contributed by atoms with Crippen molar-refractivity contribution in [2.45, 2.75) is 20.4 Å². The third kappa shape index (κ3) is 3.63. The van der Waals surface area contributed by atoms with Gasteiger partial charge in [-0.25, -0.2) is 9.59 Å². The van der Waals surface area contributed by atoms with Crippen LogP contribution in [0.15, 0.2) is 10.9 Å². The maximum Gasteiger partial charge on any atom is 0.348 e. The summed E-state index contributed by atoms with van der Waals surface area (Å²) >= 11 is 0. The lowest BCUT2D eigenvalue weighted by atomic mass is 10.3.